The number of amides is 1. The smallest absolute Gasteiger partial charge is 0.325 e. The predicted molar refractivity (Wildman–Crippen MR) is 93.8 cm³/mol. The summed E-state index contributed by atoms with van der Waals surface area (Å²) in [5.74, 6) is -0.00880. The van der Waals surface area contributed by atoms with Gasteiger partial charge in [-0.3, -0.25) is 9.59 Å². The molecule has 2 aromatic carbocycles. The maximum Gasteiger partial charge on any atom is 0.325 e. The van der Waals surface area contributed by atoms with Crippen molar-refractivity contribution in [1.29, 1.82) is 0 Å². The molecule has 0 saturated carbocycles. The van der Waals surface area contributed by atoms with Crippen LogP contribution in [0, 0.1) is 0 Å². The molecule has 1 N–H and O–H groups in total. The average Bonchev–Trinajstić information content (AvgIpc) is 2.59. The summed E-state index contributed by atoms with van der Waals surface area (Å²) < 4.78 is 11.4. The first kappa shape index (κ1) is 18.0. The van der Waals surface area contributed by atoms with Gasteiger partial charge in [-0.15, -0.1) is 0 Å². The van der Waals surface area contributed by atoms with Crippen LogP contribution in [0.25, 0.3) is 0 Å². The molecule has 2 aromatic rings. The van der Waals surface area contributed by atoms with Gasteiger partial charge in [-0.1, -0.05) is 46.3 Å². The first-order valence-electron chi connectivity index (χ1n) is 7.48. The van der Waals surface area contributed by atoms with Crippen LogP contribution in [0.4, 0.5) is 0 Å². The van der Waals surface area contributed by atoms with Crippen molar-refractivity contribution in [1.82, 2.24) is 5.32 Å². The monoisotopic (exact) mass is 391 g/mol. The third kappa shape index (κ3) is 6.83. The van der Waals surface area contributed by atoms with Gasteiger partial charge in [-0.05, 0) is 29.8 Å². The molecule has 2 rings (SSSR count). The molecule has 0 aliphatic heterocycles. The number of halogens is 1. The zero-order valence-corrected chi connectivity index (χ0v) is 14.6. The molecule has 0 spiro atoms. The third-order valence-electron chi connectivity index (χ3n) is 3.07. The lowest BCUT2D eigenvalue weighted by molar-refractivity contribution is -0.144. The Bertz CT molecular complexity index is 658. The Morgan fingerprint density at radius 2 is 1.67 bits per heavy atom. The van der Waals surface area contributed by atoms with Gasteiger partial charge in [-0.25, -0.2) is 0 Å². The molecule has 6 heteroatoms. The summed E-state index contributed by atoms with van der Waals surface area (Å²) in [6, 6.07) is 16.7. The standard InChI is InChI=1S/C18H18BrNO4/c19-15-6-8-16(9-7-15)23-10-11-24-18(22)13-20-17(21)12-14-4-2-1-3-5-14/h1-9H,10-13H2,(H,20,21). The highest BCUT2D eigenvalue weighted by Gasteiger charge is 2.07. The van der Waals surface area contributed by atoms with Crippen molar-refractivity contribution in [2.75, 3.05) is 19.8 Å². The second kappa shape index (κ2) is 9.72. The minimum Gasteiger partial charge on any atom is -0.490 e. The number of benzene rings is 2. The molecule has 0 saturated heterocycles. The maximum absolute atomic E-state index is 11.7. The molecule has 0 aliphatic rings. The van der Waals surface area contributed by atoms with E-state index >= 15 is 0 Å². The van der Waals surface area contributed by atoms with Crippen LogP contribution in [-0.2, 0) is 20.7 Å². The highest BCUT2D eigenvalue weighted by atomic mass is 79.9. The van der Waals surface area contributed by atoms with Crippen molar-refractivity contribution >= 4 is 27.8 Å². The van der Waals surface area contributed by atoms with Crippen LogP contribution < -0.4 is 10.1 Å². The van der Waals surface area contributed by atoms with Gasteiger partial charge < -0.3 is 14.8 Å². The molecule has 24 heavy (non-hydrogen) atoms. The van der Waals surface area contributed by atoms with Gasteiger partial charge >= 0.3 is 5.97 Å². The van der Waals surface area contributed by atoms with Crippen molar-refractivity contribution in [2.45, 2.75) is 6.42 Å². The SMILES string of the molecule is O=C(Cc1ccccc1)NCC(=O)OCCOc1ccc(Br)cc1. The Labute approximate surface area is 149 Å². The first-order chi connectivity index (χ1) is 11.6. The fourth-order valence-corrected chi connectivity index (χ4v) is 2.18. The largest absolute Gasteiger partial charge is 0.490 e. The van der Waals surface area contributed by atoms with Gasteiger partial charge in [0.05, 0.1) is 6.42 Å². The van der Waals surface area contributed by atoms with Crippen LogP contribution in [-0.4, -0.2) is 31.6 Å². The lowest BCUT2D eigenvalue weighted by atomic mass is 10.1. The molecular formula is C18H18BrNO4. The van der Waals surface area contributed by atoms with E-state index in [0.29, 0.717) is 5.75 Å². The summed E-state index contributed by atoms with van der Waals surface area (Å²) >= 11 is 3.34. The zero-order chi connectivity index (χ0) is 17.2. The van der Waals surface area contributed by atoms with E-state index in [1.165, 1.54) is 0 Å². The Morgan fingerprint density at radius 3 is 2.38 bits per heavy atom. The highest BCUT2D eigenvalue weighted by molar-refractivity contribution is 9.10. The Hall–Kier alpha value is -2.34. The third-order valence-corrected chi connectivity index (χ3v) is 3.59. The molecule has 0 bridgehead atoms. The fourth-order valence-electron chi connectivity index (χ4n) is 1.91. The number of ether oxygens (including phenoxy) is 2. The number of hydrogen-bond acceptors (Lipinski definition) is 4. The topological polar surface area (TPSA) is 64.6 Å². The van der Waals surface area contributed by atoms with Crippen LogP contribution in [0.1, 0.15) is 5.56 Å². The van der Waals surface area contributed by atoms with Crippen molar-refractivity contribution in [3.05, 3.63) is 64.6 Å². The molecule has 0 heterocycles. The quantitative estimate of drug-likeness (QED) is 0.554. The number of rotatable bonds is 8. The van der Waals surface area contributed by atoms with Crippen LogP contribution in [0.5, 0.6) is 5.75 Å². The van der Waals surface area contributed by atoms with Crippen molar-refractivity contribution < 1.29 is 19.1 Å². The zero-order valence-electron chi connectivity index (χ0n) is 13.0. The fraction of sp³-hybridized carbons (Fsp3) is 0.222. The average molecular weight is 392 g/mol. The van der Waals surface area contributed by atoms with Crippen LogP contribution >= 0.6 is 15.9 Å². The summed E-state index contributed by atoms with van der Waals surface area (Å²) in [7, 11) is 0. The van der Waals surface area contributed by atoms with E-state index in [1.807, 2.05) is 54.6 Å². The summed E-state index contributed by atoms with van der Waals surface area (Å²) in [6.45, 7) is 0.235. The molecule has 0 aliphatic carbocycles. The van der Waals surface area contributed by atoms with Crippen molar-refractivity contribution in [2.24, 2.45) is 0 Å². The molecular weight excluding hydrogens is 374 g/mol. The molecule has 0 unspecified atom stereocenters. The van der Waals surface area contributed by atoms with E-state index < -0.39 is 5.97 Å². The molecule has 0 atom stereocenters. The van der Waals surface area contributed by atoms with E-state index in [0.717, 1.165) is 10.0 Å². The lowest BCUT2D eigenvalue weighted by Gasteiger charge is -2.08. The molecule has 0 radical (unpaired) electrons. The van der Waals surface area contributed by atoms with Gasteiger partial charge in [0.15, 0.2) is 0 Å². The van der Waals surface area contributed by atoms with Gasteiger partial charge in [0, 0.05) is 4.47 Å². The lowest BCUT2D eigenvalue weighted by Crippen LogP contribution is -2.32. The number of carbonyl (C=O) groups is 2. The van der Waals surface area contributed by atoms with Gasteiger partial charge in [0.25, 0.3) is 0 Å². The van der Waals surface area contributed by atoms with Gasteiger partial charge in [0.1, 0.15) is 25.5 Å². The van der Waals surface area contributed by atoms with Crippen molar-refractivity contribution in [3.8, 4) is 5.75 Å². The van der Waals surface area contributed by atoms with Gasteiger partial charge in [0.2, 0.25) is 5.91 Å². The molecule has 1 amide bonds. The van der Waals surface area contributed by atoms with Crippen LogP contribution in [0.3, 0.4) is 0 Å². The molecule has 0 aromatic heterocycles. The van der Waals surface area contributed by atoms with Crippen LogP contribution in [0.15, 0.2) is 59.1 Å². The summed E-state index contributed by atoms with van der Waals surface area (Å²) in [4.78, 5) is 23.3. The van der Waals surface area contributed by atoms with Crippen molar-refractivity contribution in [3.63, 3.8) is 0 Å². The number of hydrogen-bond donors (Lipinski definition) is 1. The Balaban J connectivity index is 1.58. The summed E-state index contributed by atoms with van der Waals surface area (Å²) in [5.41, 5.74) is 0.895. The van der Waals surface area contributed by atoms with Gasteiger partial charge in [-0.2, -0.15) is 0 Å². The Morgan fingerprint density at radius 1 is 0.958 bits per heavy atom. The summed E-state index contributed by atoms with van der Waals surface area (Å²) in [5, 5.41) is 2.54. The molecule has 5 nitrogen and oxygen atoms in total. The maximum atomic E-state index is 11.7. The number of esters is 1. The number of carbonyl (C=O) groups excluding carboxylic acids is 2. The van der Waals surface area contributed by atoms with E-state index in [1.54, 1.807) is 0 Å². The minimum atomic E-state index is -0.490. The Kier molecular flexibility index (Phi) is 7.29. The van der Waals surface area contributed by atoms with E-state index in [-0.39, 0.29) is 32.1 Å². The second-order valence-electron chi connectivity index (χ2n) is 4.96. The normalized spacial score (nSPS) is 10.0. The highest BCUT2D eigenvalue weighted by Crippen LogP contribution is 2.15. The first-order valence-corrected chi connectivity index (χ1v) is 8.27. The summed E-state index contributed by atoms with van der Waals surface area (Å²) in [6.07, 6.45) is 0.237. The number of nitrogens with one attached hydrogen (secondary N) is 1. The predicted octanol–water partition coefficient (Wildman–Crippen LogP) is 2.73. The molecule has 126 valence electrons. The van der Waals surface area contributed by atoms with Crippen LogP contribution in [0.2, 0.25) is 0 Å². The van der Waals surface area contributed by atoms with E-state index in [9.17, 15) is 9.59 Å². The second-order valence-corrected chi connectivity index (χ2v) is 5.88. The van der Waals surface area contributed by atoms with E-state index in [4.69, 9.17) is 9.47 Å². The van der Waals surface area contributed by atoms with E-state index in [2.05, 4.69) is 21.2 Å². The minimum absolute atomic E-state index is 0.128. The molecule has 0 fully saturated rings.